The zero-order chi connectivity index (χ0) is 11.1. The molecule has 1 nitrogen and oxygen atoms in total. The molecule has 0 saturated carbocycles. The summed E-state index contributed by atoms with van der Waals surface area (Å²) in [6, 6.07) is 9.48. The van der Waals surface area contributed by atoms with Gasteiger partial charge >= 0.3 is 0 Å². The Kier molecular flexibility index (Phi) is 5.41. The fourth-order valence-corrected chi connectivity index (χ4v) is 1.93. The first-order valence-corrected chi connectivity index (χ1v) is 6.01. The molecule has 0 saturated heterocycles. The molecule has 1 rings (SSSR count). The number of nitrogens with one attached hydrogen (secondary N) is 1. The number of rotatable bonds is 6. The zero-order valence-corrected chi connectivity index (χ0v) is 10.2. The molecule has 15 heavy (non-hydrogen) atoms. The highest BCUT2D eigenvalue weighted by molar-refractivity contribution is 5.22. The summed E-state index contributed by atoms with van der Waals surface area (Å²) in [6.45, 7) is 7.66. The molecule has 0 fully saturated rings. The molecule has 1 heteroatoms. The molecule has 0 radical (unpaired) electrons. The normalized spacial score (nSPS) is 12.7. The molecule has 1 atom stereocenters. The highest BCUT2D eigenvalue weighted by Crippen LogP contribution is 2.08. The van der Waals surface area contributed by atoms with Gasteiger partial charge in [-0.3, -0.25) is 0 Å². The van der Waals surface area contributed by atoms with Gasteiger partial charge < -0.3 is 5.32 Å². The molecule has 0 spiro atoms. The van der Waals surface area contributed by atoms with Crippen molar-refractivity contribution >= 4 is 0 Å². The summed E-state index contributed by atoms with van der Waals surface area (Å²) >= 11 is 0. The Balaban J connectivity index is 2.25. The Morgan fingerprint density at radius 3 is 2.80 bits per heavy atom. The van der Waals surface area contributed by atoms with E-state index in [9.17, 15) is 0 Å². The molecular formula is C14H23N. The van der Waals surface area contributed by atoms with Gasteiger partial charge in [-0.15, -0.1) is 0 Å². The maximum atomic E-state index is 3.44. The summed E-state index contributed by atoms with van der Waals surface area (Å²) in [7, 11) is 0. The predicted molar refractivity (Wildman–Crippen MR) is 67.3 cm³/mol. The van der Waals surface area contributed by atoms with Crippen LogP contribution >= 0.6 is 0 Å². The summed E-state index contributed by atoms with van der Waals surface area (Å²) in [4.78, 5) is 0. The van der Waals surface area contributed by atoms with Crippen molar-refractivity contribution in [2.24, 2.45) is 0 Å². The second kappa shape index (κ2) is 6.62. The fraction of sp³-hybridized carbons (Fsp3) is 0.571. The maximum Gasteiger partial charge on any atom is 0.00387 e. The van der Waals surface area contributed by atoms with Gasteiger partial charge in [0.25, 0.3) is 0 Å². The summed E-state index contributed by atoms with van der Waals surface area (Å²) in [5.41, 5.74) is 2.84. The van der Waals surface area contributed by atoms with Crippen molar-refractivity contribution in [1.29, 1.82) is 0 Å². The van der Waals surface area contributed by atoms with E-state index in [2.05, 4.69) is 50.4 Å². The van der Waals surface area contributed by atoms with Gasteiger partial charge in [0, 0.05) is 6.04 Å². The minimum atomic E-state index is 0.653. The van der Waals surface area contributed by atoms with Crippen LogP contribution in [-0.4, -0.2) is 12.6 Å². The van der Waals surface area contributed by atoms with Gasteiger partial charge in [0.2, 0.25) is 0 Å². The van der Waals surface area contributed by atoms with Gasteiger partial charge in [0.15, 0.2) is 0 Å². The molecule has 84 valence electrons. The first kappa shape index (κ1) is 12.3. The van der Waals surface area contributed by atoms with Crippen molar-refractivity contribution in [2.45, 2.75) is 46.1 Å². The summed E-state index contributed by atoms with van der Waals surface area (Å²) in [6.07, 6.45) is 3.75. The maximum absolute atomic E-state index is 3.44. The van der Waals surface area contributed by atoms with Crippen molar-refractivity contribution in [3.8, 4) is 0 Å². The Bertz CT molecular complexity index is 280. The SMILES string of the molecule is CCNC(C)CCCc1cccc(C)c1. The van der Waals surface area contributed by atoms with Crippen LogP contribution in [0.3, 0.4) is 0 Å². The lowest BCUT2D eigenvalue weighted by atomic mass is 10.0. The molecule has 0 heterocycles. The molecule has 0 aliphatic rings. The van der Waals surface area contributed by atoms with Gasteiger partial charge in [0.1, 0.15) is 0 Å². The lowest BCUT2D eigenvalue weighted by Crippen LogP contribution is -2.25. The smallest absolute Gasteiger partial charge is 0.00387 e. The van der Waals surface area contributed by atoms with E-state index in [4.69, 9.17) is 0 Å². The lowest BCUT2D eigenvalue weighted by Gasteiger charge is -2.11. The zero-order valence-electron chi connectivity index (χ0n) is 10.2. The second-order valence-electron chi connectivity index (χ2n) is 4.34. The van der Waals surface area contributed by atoms with Gasteiger partial charge in [-0.05, 0) is 45.2 Å². The molecule has 1 unspecified atom stereocenters. The molecular weight excluding hydrogens is 182 g/mol. The Morgan fingerprint density at radius 2 is 2.13 bits per heavy atom. The predicted octanol–water partition coefficient (Wildman–Crippen LogP) is 3.32. The van der Waals surface area contributed by atoms with E-state index < -0.39 is 0 Å². The van der Waals surface area contributed by atoms with Crippen LogP contribution in [0, 0.1) is 6.92 Å². The highest BCUT2D eigenvalue weighted by atomic mass is 14.9. The largest absolute Gasteiger partial charge is 0.315 e. The van der Waals surface area contributed by atoms with Crippen molar-refractivity contribution < 1.29 is 0 Å². The van der Waals surface area contributed by atoms with E-state index in [0.29, 0.717) is 6.04 Å². The molecule has 0 aliphatic heterocycles. The number of benzene rings is 1. The van der Waals surface area contributed by atoms with E-state index in [0.717, 1.165) is 6.54 Å². The Labute approximate surface area is 93.9 Å². The number of hydrogen-bond acceptors (Lipinski definition) is 1. The number of hydrogen-bond donors (Lipinski definition) is 1. The molecule has 0 amide bonds. The van der Waals surface area contributed by atoms with Crippen molar-refractivity contribution in [2.75, 3.05) is 6.54 Å². The van der Waals surface area contributed by atoms with Crippen LogP contribution in [0.4, 0.5) is 0 Å². The third-order valence-electron chi connectivity index (χ3n) is 2.74. The third-order valence-corrected chi connectivity index (χ3v) is 2.74. The summed E-state index contributed by atoms with van der Waals surface area (Å²) < 4.78 is 0. The molecule has 1 aromatic carbocycles. The van der Waals surface area contributed by atoms with E-state index >= 15 is 0 Å². The molecule has 0 bridgehead atoms. The highest BCUT2D eigenvalue weighted by Gasteiger charge is 1.99. The van der Waals surface area contributed by atoms with Crippen LogP contribution in [0.2, 0.25) is 0 Å². The Morgan fingerprint density at radius 1 is 1.33 bits per heavy atom. The summed E-state index contributed by atoms with van der Waals surface area (Å²) in [5, 5.41) is 3.44. The molecule has 1 N–H and O–H groups in total. The van der Waals surface area contributed by atoms with Crippen molar-refractivity contribution in [1.82, 2.24) is 5.32 Å². The van der Waals surface area contributed by atoms with Gasteiger partial charge in [-0.2, -0.15) is 0 Å². The van der Waals surface area contributed by atoms with Crippen LogP contribution in [0.25, 0.3) is 0 Å². The van der Waals surface area contributed by atoms with Crippen molar-refractivity contribution in [3.63, 3.8) is 0 Å². The van der Waals surface area contributed by atoms with E-state index in [1.165, 1.54) is 30.4 Å². The topological polar surface area (TPSA) is 12.0 Å². The first-order valence-electron chi connectivity index (χ1n) is 6.01. The lowest BCUT2D eigenvalue weighted by molar-refractivity contribution is 0.512. The third kappa shape index (κ3) is 4.98. The second-order valence-corrected chi connectivity index (χ2v) is 4.34. The van der Waals surface area contributed by atoms with E-state index in [1.54, 1.807) is 0 Å². The average molecular weight is 205 g/mol. The van der Waals surface area contributed by atoms with Gasteiger partial charge in [0.05, 0.1) is 0 Å². The molecule has 0 aromatic heterocycles. The first-order chi connectivity index (χ1) is 7.22. The molecule has 0 aliphatic carbocycles. The standard InChI is InChI=1S/C14H23N/c1-4-15-13(3)8-6-10-14-9-5-7-12(2)11-14/h5,7,9,11,13,15H,4,6,8,10H2,1-3H3. The quantitative estimate of drug-likeness (QED) is 0.751. The number of aryl methyl sites for hydroxylation is 2. The van der Waals surface area contributed by atoms with Crippen LogP contribution in [0.15, 0.2) is 24.3 Å². The fourth-order valence-electron chi connectivity index (χ4n) is 1.93. The van der Waals surface area contributed by atoms with Crippen LogP contribution < -0.4 is 5.32 Å². The Hall–Kier alpha value is -0.820. The molecule has 1 aromatic rings. The van der Waals surface area contributed by atoms with Gasteiger partial charge in [-0.1, -0.05) is 36.8 Å². The van der Waals surface area contributed by atoms with Crippen LogP contribution in [0.1, 0.15) is 37.8 Å². The minimum Gasteiger partial charge on any atom is -0.315 e. The van der Waals surface area contributed by atoms with Crippen LogP contribution in [0.5, 0.6) is 0 Å². The monoisotopic (exact) mass is 205 g/mol. The minimum absolute atomic E-state index is 0.653. The average Bonchev–Trinajstić information content (AvgIpc) is 2.18. The summed E-state index contributed by atoms with van der Waals surface area (Å²) in [5.74, 6) is 0. The van der Waals surface area contributed by atoms with E-state index in [-0.39, 0.29) is 0 Å². The van der Waals surface area contributed by atoms with Gasteiger partial charge in [-0.25, -0.2) is 0 Å². The van der Waals surface area contributed by atoms with Crippen molar-refractivity contribution in [3.05, 3.63) is 35.4 Å². The van der Waals surface area contributed by atoms with Crippen LogP contribution in [-0.2, 0) is 6.42 Å². The van der Waals surface area contributed by atoms with E-state index in [1.807, 2.05) is 0 Å².